The summed E-state index contributed by atoms with van der Waals surface area (Å²) in [5.41, 5.74) is 0.856. The van der Waals surface area contributed by atoms with E-state index in [4.69, 9.17) is 4.74 Å². The van der Waals surface area contributed by atoms with E-state index in [-0.39, 0.29) is 47.0 Å². The van der Waals surface area contributed by atoms with Gasteiger partial charge in [-0.15, -0.1) is 11.8 Å². The fourth-order valence-electron chi connectivity index (χ4n) is 4.03. The summed E-state index contributed by atoms with van der Waals surface area (Å²) in [5, 5.41) is 13.7. The van der Waals surface area contributed by atoms with E-state index < -0.39 is 10.9 Å². The Kier molecular flexibility index (Phi) is 8.41. The topological polar surface area (TPSA) is 119 Å². The number of hydrogen-bond donors (Lipinski definition) is 1. The predicted octanol–water partition coefficient (Wildman–Crippen LogP) is 3.09. The minimum atomic E-state index is -0.583. The number of carbonyl (C=O) groups is 3. The van der Waals surface area contributed by atoms with E-state index in [9.17, 15) is 24.5 Å². The second kappa shape index (κ2) is 11.1. The summed E-state index contributed by atoms with van der Waals surface area (Å²) in [7, 11) is 0. The Bertz CT molecular complexity index is 965. The quantitative estimate of drug-likeness (QED) is 0.164. The van der Waals surface area contributed by atoms with Gasteiger partial charge in [0.1, 0.15) is 12.3 Å². The SMILES string of the molecule is CCSC(C)[C@H]1C(=O)N2C(C(=O)OCc3ccc([N+](=O)[O-])cc3)=C(SCCNC(C)=O)C[C@H]12. The zero-order valence-electron chi connectivity index (χ0n) is 18.7. The molecule has 2 aliphatic rings. The molecule has 2 aliphatic heterocycles. The first-order valence-corrected chi connectivity index (χ1v) is 12.7. The minimum Gasteiger partial charge on any atom is -0.456 e. The van der Waals surface area contributed by atoms with Crippen LogP contribution in [0.1, 0.15) is 32.8 Å². The zero-order chi connectivity index (χ0) is 24.1. The number of amides is 2. The number of rotatable bonds is 11. The number of nitro benzene ring substituents is 1. The molecule has 0 radical (unpaired) electrons. The van der Waals surface area contributed by atoms with E-state index in [1.165, 1.54) is 43.0 Å². The molecule has 3 atom stereocenters. The van der Waals surface area contributed by atoms with Crippen molar-refractivity contribution in [3.8, 4) is 0 Å². The monoisotopic (exact) mass is 493 g/mol. The summed E-state index contributed by atoms with van der Waals surface area (Å²) < 4.78 is 5.48. The van der Waals surface area contributed by atoms with Gasteiger partial charge in [0, 0.05) is 47.9 Å². The fraction of sp³-hybridized carbons (Fsp3) is 0.500. The lowest BCUT2D eigenvalue weighted by atomic mass is 9.85. The average Bonchev–Trinajstić information content (AvgIpc) is 3.09. The second-order valence-corrected chi connectivity index (χ2v) is 10.6. The van der Waals surface area contributed by atoms with Crippen LogP contribution >= 0.6 is 23.5 Å². The molecule has 178 valence electrons. The second-order valence-electron chi connectivity index (χ2n) is 7.77. The van der Waals surface area contributed by atoms with Crippen LogP contribution in [0, 0.1) is 16.0 Å². The molecule has 1 fully saturated rings. The number of nitrogens with one attached hydrogen (secondary N) is 1. The maximum absolute atomic E-state index is 13.0. The van der Waals surface area contributed by atoms with E-state index in [1.54, 1.807) is 16.7 Å². The van der Waals surface area contributed by atoms with Crippen LogP contribution in [0.2, 0.25) is 0 Å². The zero-order valence-corrected chi connectivity index (χ0v) is 20.4. The number of non-ortho nitro benzene ring substituents is 1. The van der Waals surface area contributed by atoms with Crippen molar-refractivity contribution in [2.24, 2.45) is 5.92 Å². The number of hydrogen-bond acceptors (Lipinski definition) is 8. The Morgan fingerprint density at radius 3 is 2.64 bits per heavy atom. The molecule has 1 aromatic rings. The predicted molar refractivity (Wildman–Crippen MR) is 127 cm³/mol. The maximum atomic E-state index is 13.0. The standard InChI is InChI=1S/C22H27N3O6S2/c1-4-32-13(2)19-17-11-18(33-10-9-23-14(3)26)20(24(17)21(19)27)22(28)31-12-15-5-7-16(8-6-15)25(29)30/h5-8,13,17,19H,4,9-12H2,1-3H3,(H,23,26)/t13?,17-,19-/m1/s1. The van der Waals surface area contributed by atoms with Crippen molar-refractivity contribution in [1.29, 1.82) is 0 Å². The Hall–Kier alpha value is -2.53. The first kappa shape index (κ1) is 25.1. The van der Waals surface area contributed by atoms with E-state index in [2.05, 4.69) is 12.2 Å². The Morgan fingerprint density at radius 2 is 2.03 bits per heavy atom. The number of nitrogens with zero attached hydrogens (tertiary/aromatic N) is 2. The third kappa shape index (κ3) is 5.70. The molecular weight excluding hydrogens is 466 g/mol. The van der Waals surface area contributed by atoms with Gasteiger partial charge in [0.05, 0.1) is 16.9 Å². The van der Waals surface area contributed by atoms with Gasteiger partial charge in [-0.25, -0.2) is 4.79 Å². The molecule has 1 saturated heterocycles. The molecule has 3 rings (SSSR count). The van der Waals surface area contributed by atoms with Gasteiger partial charge in [-0.2, -0.15) is 11.8 Å². The van der Waals surface area contributed by atoms with Gasteiger partial charge in [-0.3, -0.25) is 19.7 Å². The third-order valence-electron chi connectivity index (χ3n) is 5.57. The molecule has 0 aliphatic carbocycles. The number of ether oxygens (including phenoxy) is 1. The number of esters is 1. The van der Waals surface area contributed by atoms with Gasteiger partial charge in [-0.05, 0) is 23.4 Å². The number of benzene rings is 1. The minimum absolute atomic E-state index is 0.0411. The molecular formula is C22H27N3O6S2. The highest BCUT2D eigenvalue weighted by atomic mass is 32.2. The van der Waals surface area contributed by atoms with Crippen LogP contribution in [0.3, 0.4) is 0 Å². The largest absolute Gasteiger partial charge is 0.456 e. The molecule has 2 amide bonds. The van der Waals surface area contributed by atoms with Gasteiger partial charge < -0.3 is 15.0 Å². The molecule has 0 saturated carbocycles. The molecule has 33 heavy (non-hydrogen) atoms. The van der Waals surface area contributed by atoms with E-state index >= 15 is 0 Å². The van der Waals surface area contributed by atoms with Gasteiger partial charge in [0.25, 0.3) is 5.69 Å². The molecule has 11 heteroatoms. The van der Waals surface area contributed by atoms with Crippen molar-refractivity contribution >= 4 is 47.0 Å². The summed E-state index contributed by atoms with van der Waals surface area (Å²) >= 11 is 3.18. The number of fused-ring (bicyclic) bond motifs is 1. The third-order valence-corrected chi connectivity index (χ3v) is 7.84. The number of β-lactam (4-membered cyclic amide) rings is 1. The normalized spacial score (nSPS) is 20.2. The van der Waals surface area contributed by atoms with Crippen LogP contribution in [-0.2, 0) is 25.7 Å². The Balaban J connectivity index is 1.71. The molecule has 9 nitrogen and oxygen atoms in total. The number of thioether (sulfide) groups is 2. The fourth-order valence-corrected chi connectivity index (χ4v) is 6.12. The van der Waals surface area contributed by atoms with Gasteiger partial charge in [0.15, 0.2) is 0 Å². The summed E-state index contributed by atoms with van der Waals surface area (Å²) in [6, 6.07) is 5.72. The van der Waals surface area contributed by atoms with Gasteiger partial charge in [-0.1, -0.05) is 13.8 Å². The van der Waals surface area contributed by atoms with E-state index in [0.717, 1.165) is 10.7 Å². The van der Waals surface area contributed by atoms with Crippen LogP contribution in [0.5, 0.6) is 0 Å². The Labute approximate surface area is 200 Å². The summed E-state index contributed by atoms with van der Waals surface area (Å²) in [6.45, 7) is 5.95. The lowest BCUT2D eigenvalue weighted by Crippen LogP contribution is -2.61. The van der Waals surface area contributed by atoms with Crippen molar-refractivity contribution < 1.29 is 24.0 Å². The molecule has 2 heterocycles. The van der Waals surface area contributed by atoms with Crippen molar-refractivity contribution in [3.05, 3.63) is 50.5 Å². The van der Waals surface area contributed by atoms with Crippen molar-refractivity contribution in [3.63, 3.8) is 0 Å². The van der Waals surface area contributed by atoms with Gasteiger partial charge >= 0.3 is 5.97 Å². The molecule has 1 N–H and O–H groups in total. The lowest BCUT2D eigenvalue weighted by Gasteiger charge is -2.46. The first-order chi connectivity index (χ1) is 15.7. The van der Waals surface area contributed by atoms with Crippen molar-refractivity contribution in [1.82, 2.24) is 10.2 Å². The summed E-state index contributed by atoms with van der Waals surface area (Å²) in [5.74, 6) is 0.582. The molecule has 1 aromatic carbocycles. The van der Waals surface area contributed by atoms with E-state index in [1.807, 2.05) is 6.92 Å². The number of carbonyl (C=O) groups excluding carboxylic acids is 3. The van der Waals surface area contributed by atoms with Gasteiger partial charge in [0.2, 0.25) is 11.8 Å². The molecule has 0 bridgehead atoms. The highest BCUT2D eigenvalue weighted by Gasteiger charge is 2.57. The molecule has 0 spiro atoms. The first-order valence-electron chi connectivity index (χ1n) is 10.7. The maximum Gasteiger partial charge on any atom is 0.356 e. The molecule has 0 aromatic heterocycles. The smallest absolute Gasteiger partial charge is 0.356 e. The van der Waals surface area contributed by atoms with Crippen LogP contribution < -0.4 is 5.32 Å². The number of nitro groups is 1. The lowest BCUT2D eigenvalue weighted by molar-refractivity contribution is -0.384. The van der Waals surface area contributed by atoms with Crippen LogP contribution in [-0.4, -0.2) is 56.9 Å². The van der Waals surface area contributed by atoms with Crippen molar-refractivity contribution in [2.75, 3.05) is 18.1 Å². The van der Waals surface area contributed by atoms with Crippen LogP contribution in [0.15, 0.2) is 34.9 Å². The highest BCUT2D eigenvalue weighted by molar-refractivity contribution is 8.03. The molecule has 1 unspecified atom stereocenters. The summed E-state index contributed by atoms with van der Waals surface area (Å²) in [4.78, 5) is 49.8. The highest BCUT2D eigenvalue weighted by Crippen LogP contribution is 2.49. The average molecular weight is 494 g/mol. The van der Waals surface area contributed by atoms with E-state index in [0.29, 0.717) is 24.3 Å². The van der Waals surface area contributed by atoms with Crippen LogP contribution in [0.25, 0.3) is 0 Å². The van der Waals surface area contributed by atoms with Crippen LogP contribution in [0.4, 0.5) is 5.69 Å². The summed E-state index contributed by atoms with van der Waals surface area (Å²) in [6.07, 6.45) is 0.595. The Morgan fingerprint density at radius 1 is 1.33 bits per heavy atom. The van der Waals surface area contributed by atoms with Crippen molar-refractivity contribution in [2.45, 2.75) is 45.1 Å².